The largest absolute Gasteiger partial charge is 0.356 e. The molecule has 2 N–H and O–H groups in total. The maximum Gasteiger partial charge on any atom is 0.167 e. The first-order chi connectivity index (χ1) is 6.31. The number of halogens is 2. The Hall–Kier alpha value is -0.580. The Bertz CT molecular complexity index is 430. The van der Waals surface area contributed by atoms with Gasteiger partial charge >= 0.3 is 0 Å². The van der Waals surface area contributed by atoms with Gasteiger partial charge < -0.3 is 10.3 Å². The van der Waals surface area contributed by atoms with Crippen LogP contribution in [0.3, 0.4) is 0 Å². The van der Waals surface area contributed by atoms with Crippen molar-refractivity contribution in [3.8, 4) is 0 Å². The van der Waals surface area contributed by atoms with Crippen LogP contribution in [0.5, 0.6) is 0 Å². The first-order valence-corrected chi connectivity index (χ1v) is 4.84. The SMILES string of the molecule is Cl.NCCc1noc2ccc(Br)cc12. The number of hydrogen-bond acceptors (Lipinski definition) is 3. The number of benzene rings is 1. The highest BCUT2D eigenvalue weighted by molar-refractivity contribution is 9.10. The topological polar surface area (TPSA) is 52.0 Å². The minimum atomic E-state index is 0. The molecule has 0 aliphatic rings. The number of aromatic nitrogens is 1. The molecule has 0 atom stereocenters. The van der Waals surface area contributed by atoms with Crippen LogP contribution in [0.15, 0.2) is 27.2 Å². The van der Waals surface area contributed by atoms with Crippen LogP contribution in [0.1, 0.15) is 5.69 Å². The summed E-state index contributed by atoms with van der Waals surface area (Å²) in [5.74, 6) is 0. The molecule has 1 aromatic heterocycles. The van der Waals surface area contributed by atoms with Gasteiger partial charge in [0.2, 0.25) is 0 Å². The molecule has 0 spiro atoms. The second-order valence-electron chi connectivity index (χ2n) is 2.81. The molecule has 1 aromatic carbocycles. The van der Waals surface area contributed by atoms with Crippen LogP contribution in [0.4, 0.5) is 0 Å². The van der Waals surface area contributed by atoms with Gasteiger partial charge in [0.05, 0.1) is 5.69 Å². The highest BCUT2D eigenvalue weighted by atomic mass is 79.9. The van der Waals surface area contributed by atoms with E-state index in [0.29, 0.717) is 6.54 Å². The van der Waals surface area contributed by atoms with Gasteiger partial charge in [-0.3, -0.25) is 0 Å². The zero-order valence-electron chi connectivity index (χ0n) is 7.37. The van der Waals surface area contributed by atoms with Gasteiger partial charge in [0.15, 0.2) is 5.58 Å². The highest BCUT2D eigenvalue weighted by Crippen LogP contribution is 2.22. The number of fused-ring (bicyclic) bond motifs is 1. The van der Waals surface area contributed by atoms with Crippen LogP contribution in [0.2, 0.25) is 0 Å². The Morgan fingerprint density at radius 1 is 1.43 bits per heavy atom. The molecule has 2 rings (SSSR count). The molecule has 0 aliphatic heterocycles. The summed E-state index contributed by atoms with van der Waals surface area (Å²) in [6.45, 7) is 0.591. The van der Waals surface area contributed by atoms with E-state index < -0.39 is 0 Å². The van der Waals surface area contributed by atoms with E-state index in [1.54, 1.807) is 0 Å². The third-order valence-corrected chi connectivity index (χ3v) is 2.38. The molecule has 1 heterocycles. The summed E-state index contributed by atoms with van der Waals surface area (Å²) in [7, 11) is 0. The van der Waals surface area contributed by atoms with E-state index in [9.17, 15) is 0 Å². The van der Waals surface area contributed by atoms with Crippen LogP contribution < -0.4 is 5.73 Å². The first-order valence-electron chi connectivity index (χ1n) is 4.05. The van der Waals surface area contributed by atoms with Gasteiger partial charge in [-0.15, -0.1) is 12.4 Å². The Balaban J connectivity index is 0.000000980. The molecule has 2 aromatic rings. The van der Waals surface area contributed by atoms with E-state index in [-0.39, 0.29) is 12.4 Å². The fourth-order valence-electron chi connectivity index (χ4n) is 1.28. The second-order valence-corrected chi connectivity index (χ2v) is 3.72. The van der Waals surface area contributed by atoms with Crippen molar-refractivity contribution in [3.63, 3.8) is 0 Å². The van der Waals surface area contributed by atoms with Crippen molar-refractivity contribution in [2.45, 2.75) is 6.42 Å². The Morgan fingerprint density at radius 3 is 2.93 bits per heavy atom. The number of hydrogen-bond donors (Lipinski definition) is 1. The van der Waals surface area contributed by atoms with Crippen LogP contribution >= 0.6 is 28.3 Å². The van der Waals surface area contributed by atoms with E-state index in [4.69, 9.17) is 10.3 Å². The third-order valence-electron chi connectivity index (χ3n) is 1.89. The fourth-order valence-corrected chi connectivity index (χ4v) is 1.64. The van der Waals surface area contributed by atoms with Gasteiger partial charge in [0, 0.05) is 16.3 Å². The van der Waals surface area contributed by atoms with Crippen molar-refractivity contribution in [1.82, 2.24) is 5.16 Å². The lowest BCUT2D eigenvalue weighted by molar-refractivity contribution is 0.446. The van der Waals surface area contributed by atoms with Gasteiger partial charge in [-0.25, -0.2) is 0 Å². The monoisotopic (exact) mass is 276 g/mol. The Kier molecular flexibility index (Phi) is 3.92. The molecule has 0 unspecified atom stereocenters. The average molecular weight is 278 g/mol. The third kappa shape index (κ3) is 2.08. The van der Waals surface area contributed by atoms with E-state index in [2.05, 4.69) is 21.1 Å². The highest BCUT2D eigenvalue weighted by Gasteiger charge is 2.06. The van der Waals surface area contributed by atoms with Gasteiger partial charge in [-0.1, -0.05) is 21.1 Å². The van der Waals surface area contributed by atoms with E-state index in [1.165, 1.54) is 0 Å². The van der Waals surface area contributed by atoms with Crippen LogP contribution in [-0.2, 0) is 6.42 Å². The quantitative estimate of drug-likeness (QED) is 0.917. The smallest absolute Gasteiger partial charge is 0.167 e. The predicted molar refractivity (Wildman–Crippen MR) is 61.7 cm³/mol. The molecule has 3 nitrogen and oxygen atoms in total. The zero-order valence-corrected chi connectivity index (χ0v) is 9.77. The lowest BCUT2D eigenvalue weighted by atomic mass is 10.2. The summed E-state index contributed by atoms with van der Waals surface area (Å²) >= 11 is 3.40. The molecule has 0 aliphatic carbocycles. The zero-order chi connectivity index (χ0) is 9.26. The summed E-state index contributed by atoms with van der Waals surface area (Å²) < 4.78 is 6.16. The Labute approximate surface area is 96.2 Å². The fraction of sp³-hybridized carbons (Fsp3) is 0.222. The summed E-state index contributed by atoms with van der Waals surface area (Å²) in [4.78, 5) is 0. The molecular weight excluding hydrogens is 267 g/mol. The van der Waals surface area contributed by atoms with E-state index >= 15 is 0 Å². The normalized spacial score (nSPS) is 10.1. The van der Waals surface area contributed by atoms with Crippen molar-refractivity contribution in [2.24, 2.45) is 5.73 Å². The van der Waals surface area contributed by atoms with Crippen molar-refractivity contribution < 1.29 is 4.52 Å². The number of nitrogens with two attached hydrogens (primary N) is 1. The van der Waals surface area contributed by atoms with Crippen molar-refractivity contribution >= 4 is 39.3 Å². The lowest BCUT2D eigenvalue weighted by Gasteiger charge is -1.92. The van der Waals surface area contributed by atoms with Gasteiger partial charge in [-0.05, 0) is 24.7 Å². The number of nitrogens with zero attached hydrogens (tertiary/aromatic N) is 1. The molecule has 0 saturated heterocycles. The molecule has 0 saturated carbocycles. The molecule has 0 amide bonds. The minimum Gasteiger partial charge on any atom is -0.356 e. The Morgan fingerprint density at radius 2 is 2.21 bits per heavy atom. The van der Waals surface area contributed by atoms with Crippen LogP contribution in [-0.4, -0.2) is 11.7 Å². The average Bonchev–Trinajstić information content (AvgIpc) is 2.49. The summed E-state index contributed by atoms with van der Waals surface area (Å²) in [5.41, 5.74) is 7.20. The predicted octanol–water partition coefficient (Wildman–Crippen LogP) is 2.51. The van der Waals surface area contributed by atoms with Crippen molar-refractivity contribution in [1.29, 1.82) is 0 Å². The molecular formula is C9H10BrClN2O. The summed E-state index contributed by atoms with van der Waals surface area (Å²) in [5, 5.41) is 4.99. The lowest BCUT2D eigenvalue weighted by Crippen LogP contribution is -2.02. The van der Waals surface area contributed by atoms with E-state index in [0.717, 1.165) is 27.6 Å². The maximum atomic E-state index is 5.46. The van der Waals surface area contributed by atoms with Crippen LogP contribution in [0, 0.1) is 0 Å². The first kappa shape index (κ1) is 11.5. The van der Waals surface area contributed by atoms with Gasteiger partial charge in [-0.2, -0.15) is 0 Å². The molecule has 0 bridgehead atoms. The van der Waals surface area contributed by atoms with Crippen LogP contribution in [0.25, 0.3) is 11.0 Å². The van der Waals surface area contributed by atoms with Crippen molar-refractivity contribution in [3.05, 3.63) is 28.4 Å². The second kappa shape index (κ2) is 4.77. The summed E-state index contributed by atoms with van der Waals surface area (Å²) in [6, 6.07) is 5.82. The maximum absolute atomic E-state index is 5.46. The molecule has 76 valence electrons. The number of rotatable bonds is 2. The van der Waals surface area contributed by atoms with E-state index in [1.807, 2.05) is 18.2 Å². The molecule has 14 heavy (non-hydrogen) atoms. The van der Waals surface area contributed by atoms with Crippen molar-refractivity contribution in [2.75, 3.05) is 6.54 Å². The summed E-state index contributed by atoms with van der Waals surface area (Å²) in [6.07, 6.45) is 0.753. The molecule has 0 radical (unpaired) electrons. The minimum absolute atomic E-state index is 0. The molecule has 5 heteroatoms. The molecule has 0 fully saturated rings. The standard InChI is InChI=1S/C9H9BrN2O.ClH/c10-6-1-2-9-7(5-6)8(3-4-11)12-13-9;/h1-2,5H,3-4,11H2;1H. The van der Waals surface area contributed by atoms with Gasteiger partial charge in [0.1, 0.15) is 0 Å². The van der Waals surface area contributed by atoms with Gasteiger partial charge in [0.25, 0.3) is 0 Å².